The second-order valence-corrected chi connectivity index (χ2v) is 6.30. The minimum Gasteiger partial charge on any atom is -0.494 e. The van der Waals surface area contributed by atoms with Crippen molar-refractivity contribution in [1.29, 1.82) is 0 Å². The Bertz CT molecular complexity index is 862. The van der Waals surface area contributed by atoms with Gasteiger partial charge in [0.1, 0.15) is 11.3 Å². The third-order valence-corrected chi connectivity index (χ3v) is 4.71. The average molecular weight is 348 g/mol. The molecule has 1 aromatic heterocycles. The first kappa shape index (κ1) is 15.6. The lowest BCUT2D eigenvalue weighted by molar-refractivity contribution is 0.0962. The van der Waals surface area contributed by atoms with E-state index < -0.39 is 0 Å². The highest BCUT2D eigenvalue weighted by molar-refractivity contribution is 7.22. The second-order valence-electron chi connectivity index (χ2n) is 4.89. The van der Waals surface area contributed by atoms with Crippen molar-refractivity contribution in [3.8, 4) is 5.75 Å². The van der Waals surface area contributed by atoms with Crippen molar-refractivity contribution < 1.29 is 9.53 Å². The van der Waals surface area contributed by atoms with Crippen LogP contribution in [-0.2, 0) is 0 Å². The quantitative estimate of drug-likeness (QED) is 0.699. The average Bonchev–Trinajstić information content (AvgIpc) is 2.99. The Kier molecular flexibility index (Phi) is 4.36. The van der Waals surface area contributed by atoms with Gasteiger partial charge in [0.05, 0.1) is 16.8 Å². The number of fused-ring (bicyclic) bond motifs is 1. The molecular formula is C16H14ClN3O2S. The van der Waals surface area contributed by atoms with Crippen LogP contribution in [0.15, 0.2) is 36.4 Å². The third-order valence-electron chi connectivity index (χ3n) is 3.28. The van der Waals surface area contributed by atoms with Gasteiger partial charge in [-0.1, -0.05) is 40.6 Å². The van der Waals surface area contributed by atoms with Gasteiger partial charge in [-0.05, 0) is 31.2 Å². The van der Waals surface area contributed by atoms with E-state index in [1.54, 1.807) is 31.4 Å². The van der Waals surface area contributed by atoms with Crippen LogP contribution in [0.25, 0.3) is 10.2 Å². The number of aromatic nitrogens is 1. The molecule has 0 aliphatic rings. The zero-order chi connectivity index (χ0) is 16.4. The molecule has 3 aromatic rings. The number of benzene rings is 2. The number of ether oxygens (including phenoxy) is 1. The molecule has 0 spiro atoms. The lowest BCUT2D eigenvalue weighted by Crippen LogP contribution is -2.29. The van der Waals surface area contributed by atoms with Crippen LogP contribution in [0.1, 0.15) is 15.9 Å². The lowest BCUT2D eigenvalue weighted by Gasteiger charge is -2.05. The standard InChI is InChI=1S/C16H14ClN3O2S/c1-9-3-5-10(6-4-9)15(21)19-20-16-18-13-12(22-2)8-7-11(17)14(13)23-16/h3-8H,1-2H3,(H,18,20)(H,19,21). The van der Waals surface area contributed by atoms with Gasteiger partial charge in [-0.25, -0.2) is 4.98 Å². The highest BCUT2D eigenvalue weighted by atomic mass is 35.5. The number of hydrazine groups is 1. The van der Waals surface area contributed by atoms with Crippen molar-refractivity contribution in [1.82, 2.24) is 10.4 Å². The van der Waals surface area contributed by atoms with Crippen molar-refractivity contribution in [2.75, 3.05) is 12.5 Å². The van der Waals surface area contributed by atoms with Crippen LogP contribution < -0.4 is 15.6 Å². The number of methoxy groups -OCH3 is 1. The molecule has 7 heteroatoms. The normalized spacial score (nSPS) is 10.6. The van der Waals surface area contributed by atoms with Crippen LogP contribution in [0.5, 0.6) is 5.75 Å². The first-order chi connectivity index (χ1) is 11.1. The number of hydrogen-bond donors (Lipinski definition) is 2. The topological polar surface area (TPSA) is 63.2 Å². The summed E-state index contributed by atoms with van der Waals surface area (Å²) >= 11 is 7.52. The van der Waals surface area contributed by atoms with Gasteiger partial charge in [0, 0.05) is 5.56 Å². The molecule has 1 heterocycles. The zero-order valence-electron chi connectivity index (χ0n) is 12.5. The Morgan fingerprint density at radius 1 is 1.22 bits per heavy atom. The van der Waals surface area contributed by atoms with E-state index in [4.69, 9.17) is 16.3 Å². The highest BCUT2D eigenvalue weighted by Gasteiger charge is 2.13. The maximum absolute atomic E-state index is 12.1. The van der Waals surface area contributed by atoms with Gasteiger partial charge in [0.15, 0.2) is 0 Å². The summed E-state index contributed by atoms with van der Waals surface area (Å²) in [5.41, 5.74) is 7.78. The number of nitrogens with one attached hydrogen (secondary N) is 2. The lowest BCUT2D eigenvalue weighted by atomic mass is 10.1. The van der Waals surface area contributed by atoms with Gasteiger partial charge < -0.3 is 4.74 Å². The Morgan fingerprint density at radius 3 is 2.65 bits per heavy atom. The predicted molar refractivity (Wildman–Crippen MR) is 93.4 cm³/mol. The van der Waals surface area contributed by atoms with Gasteiger partial charge in [-0.15, -0.1) is 0 Å². The Hall–Kier alpha value is -2.31. The molecule has 0 fully saturated rings. The summed E-state index contributed by atoms with van der Waals surface area (Å²) in [5, 5.41) is 1.13. The monoisotopic (exact) mass is 347 g/mol. The van der Waals surface area contributed by atoms with Gasteiger partial charge in [0.2, 0.25) is 5.13 Å². The summed E-state index contributed by atoms with van der Waals surface area (Å²) in [6.07, 6.45) is 0. The molecule has 0 saturated heterocycles. The molecular weight excluding hydrogens is 334 g/mol. The third kappa shape index (κ3) is 3.23. The fraction of sp³-hybridized carbons (Fsp3) is 0.125. The molecule has 0 atom stereocenters. The molecule has 1 amide bonds. The van der Waals surface area contributed by atoms with E-state index >= 15 is 0 Å². The van der Waals surface area contributed by atoms with Gasteiger partial charge in [-0.3, -0.25) is 15.6 Å². The van der Waals surface area contributed by atoms with E-state index in [9.17, 15) is 4.79 Å². The highest BCUT2D eigenvalue weighted by Crippen LogP contribution is 2.37. The second kappa shape index (κ2) is 6.44. The molecule has 0 aliphatic heterocycles. The largest absolute Gasteiger partial charge is 0.494 e. The Labute approximate surface area is 142 Å². The summed E-state index contributed by atoms with van der Waals surface area (Å²) in [6.45, 7) is 1.97. The van der Waals surface area contributed by atoms with Crippen LogP contribution in [0.3, 0.4) is 0 Å². The summed E-state index contributed by atoms with van der Waals surface area (Å²) in [5.74, 6) is 0.404. The molecule has 5 nitrogen and oxygen atoms in total. The number of thiazole rings is 1. The molecule has 3 rings (SSSR count). The Balaban J connectivity index is 1.78. The minimum atomic E-state index is -0.234. The first-order valence-electron chi connectivity index (χ1n) is 6.84. The zero-order valence-corrected chi connectivity index (χ0v) is 14.1. The number of rotatable bonds is 4. The SMILES string of the molecule is COc1ccc(Cl)c2sc(NNC(=O)c3ccc(C)cc3)nc12. The number of nitrogens with zero attached hydrogens (tertiary/aromatic N) is 1. The van der Waals surface area contributed by atoms with Gasteiger partial charge >= 0.3 is 0 Å². The first-order valence-corrected chi connectivity index (χ1v) is 8.04. The van der Waals surface area contributed by atoms with Gasteiger partial charge in [0.25, 0.3) is 5.91 Å². The molecule has 2 N–H and O–H groups in total. The molecule has 0 unspecified atom stereocenters. The number of hydrogen-bond acceptors (Lipinski definition) is 5. The number of carbonyl (C=O) groups excluding carboxylic acids is 1. The maximum Gasteiger partial charge on any atom is 0.269 e. The van der Waals surface area contributed by atoms with Crippen molar-refractivity contribution in [2.24, 2.45) is 0 Å². The number of halogens is 1. The van der Waals surface area contributed by atoms with E-state index in [0.29, 0.717) is 27.0 Å². The van der Waals surface area contributed by atoms with E-state index in [1.165, 1.54) is 11.3 Å². The smallest absolute Gasteiger partial charge is 0.269 e. The molecule has 2 aromatic carbocycles. The number of carbonyl (C=O) groups is 1. The van der Waals surface area contributed by atoms with Crippen LogP contribution in [0.2, 0.25) is 5.02 Å². The van der Waals surface area contributed by atoms with Gasteiger partial charge in [-0.2, -0.15) is 0 Å². The van der Waals surface area contributed by atoms with Crippen LogP contribution >= 0.6 is 22.9 Å². The molecule has 23 heavy (non-hydrogen) atoms. The number of anilines is 1. The molecule has 0 radical (unpaired) electrons. The van der Waals surface area contributed by atoms with Crippen LogP contribution in [0, 0.1) is 6.92 Å². The summed E-state index contributed by atoms with van der Waals surface area (Å²) in [7, 11) is 1.58. The Morgan fingerprint density at radius 2 is 1.96 bits per heavy atom. The molecule has 0 saturated carbocycles. The van der Waals surface area contributed by atoms with E-state index in [-0.39, 0.29) is 5.91 Å². The molecule has 118 valence electrons. The van der Waals surface area contributed by atoms with Crippen molar-refractivity contribution in [2.45, 2.75) is 6.92 Å². The van der Waals surface area contributed by atoms with Crippen molar-refractivity contribution in [3.63, 3.8) is 0 Å². The minimum absolute atomic E-state index is 0.234. The van der Waals surface area contributed by atoms with E-state index in [2.05, 4.69) is 15.8 Å². The summed E-state index contributed by atoms with van der Waals surface area (Å²) in [6, 6.07) is 10.8. The van der Waals surface area contributed by atoms with Crippen LogP contribution in [0.4, 0.5) is 5.13 Å². The maximum atomic E-state index is 12.1. The fourth-order valence-electron chi connectivity index (χ4n) is 2.06. The van der Waals surface area contributed by atoms with Crippen molar-refractivity contribution in [3.05, 3.63) is 52.5 Å². The fourth-order valence-corrected chi connectivity index (χ4v) is 3.17. The summed E-state index contributed by atoms with van der Waals surface area (Å²) < 4.78 is 6.08. The predicted octanol–water partition coefficient (Wildman–Crippen LogP) is 4.02. The number of aryl methyl sites for hydroxylation is 1. The summed E-state index contributed by atoms with van der Waals surface area (Å²) in [4.78, 5) is 16.5. The van der Waals surface area contributed by atoms with E-state index in [0.717, 1.165) is 10.3 Å². The van der Waals surface area contributed by atoms with Crippen LogP contribution in [-0.4, -0.2) is 18.0 Å². The molecule has 0 bridgehead atoms. The number of amides is 1. The molecule has 0 aliphatic carbocycles. The van der Waals surface area contributed by atoms with E-state index in [1.807, 2.05) is 19.1 Å². The van der Waals surface area contributed by atoms with Crippen molar-refractivity contribution >= 4 is 44.2 Å².